The number of carbonyl (C=O) groups excluding carboxylic acids is 1. The highest BCUT2D eigenvalue weighted by Gasteiger charge is 2.45. The molecule has 2 aromatic rings. The van der Waals surface area contributed by atoms with E-state index in [1.165, 1.54) is 12.8 Å². The third kappa shape index (κ3) is 4.15. The van der Waals surface area contributed by atoms with E-state index in [9.17, 15) is 4.79 Å². The minimum atomic E-state index is -0.0852. The lowest BCUT2D eigenvalue weighted by Gasteiger charge is -2.44. The number of rotatable bonds is 5. The number of likely N-dealkylation sites (tertiary alicyclic amines) is 1. The molecule has 7 heteroatoms. The van der Waals surface area contributed by atoms with E-state index in [4.69, 9.17) is 9.26 Å². The van der Waals surface area contributed by atoms with E-state index in [0.717, 1.165) is 43.7 Å². The summed E-state index contributed by atoms with van der Waals surface area (Å²) < 4.78 is 10.7. The molecule has 0 radical (unpaired) electrons. The number of fused-ring (bicyclic) bond motifs is 1. The average molecular weight is 399 g/mol. The van der Waals surface area contributed by atoms with Gasteiger partial charge in [-0.15, -0.1) is 0 Å². The Hall–Kier alpha value is -2.41. The third-order valence-corrected chi connectivity index (χ3v) is 6.41. The summed E-state index contributed by atoms with van der Waals surface area (Å²) in [7, 11) is 1.63. The highest BCUT2D eigenvalue weighted by molar-refractivity contribution is 5.77. The molecule has 0 unspecified atom stereocenters. The van der Waals surface area contributed by atoms with Crippen LogP contribution in [0.5, 0.6) is 5.75 Å². The van der Waals surface area contributed by atoms with Crippen molar-refractivity contribution in [2.24, 2.45) is 0 Å². The average Bonchev–Trinajstić information content (AvgIpc) is 3.34. The minimum absolute atomic E-state index is 0.0852. The molecule has 0 aliphatic carbocycles. The molecule has 0 saturated carbocycles. The van der Waals surface area contributed by atoms with Crippen LogP contribution in [-0.2, 0) is 11.2 Å². The molecular weight excluding hydrogens is 368 g/mol. The Kier molecular flexibility index (Phi) is 5.85. The summed E-state index contributed by atoms with van der Waals surface area (Å²) in [4.78, 5) is 19.7. The number of methoxy groups -OCH3 is 1. The predicted molar refractivity (Wildman–Crippen MR) is 110 cm³/mol. The fraction of sp³-hybridized carbons (Fsp3) is 0.591. The molecule has 1 aromatic heterocycles. The lowest BCUT2D eigenvalue weighted by atomic mass is 9.85. The van der Waals surface area contributed by atoms with E-state index in [1.54, 1.807) is 7.11 Å². The zero-order valence-corrected chi connectivity index (χ0v) is 17.3. The predicted octanol–water partition coefficient (Wildman–Crippen LogP) is 3.20. The van der Waals surface area contributed by atoms with Crippen molar-refractivity contribution in [1.29, 1.82) is 0 Å². The van der Waals surface area contributed by atoms with E-state index in [1.807, 2.05) is 24.3 Å². The van der Waals surface area contributed by atoms with Crippen LogP contribution >= 0.6 is 0 Å². The van der Waals surface area contributed by atoms with E-state index in [2.05, 4.69) is 27.3 Å². The van der Waals surface area contributed by atoms with Crippen molar-refractivity contribution in [1.82, 2.24) is 20.4 Å². The smallest absolute Gasteiger partial charge is 0.227 e. The van der Waals surface area contributed by atoms with E-state index >= 15 is 0 Å². The third-order valence-electron chi connectivity index (χ3n) is 6.41. The maximum Gasteiger partial charge on any atom is 0.227 e. The van der Waals surface area contributed by atoms with Gasteiger partial charge < -0.3 is 19.5 Å². The van der Waals surface area contributed by atoms with Gasteiger partial charge in [-0.1, -0.05) is 30.1 Å². The van der Waals surface area contributed by atoms with Crippen molar-refractivity contribution in [3.8, 4) is 17.1 Å². The molecule has 1 N–H and O–H groups in total. The highest BCUT2D eigenvalue weighted by Crippen LogP contribution is 2.34. The van der Waals surface area contributed by atoms with Crippen LogP contribution in [0, 0.1) is 0 Å². The number of nitrogens with zero attached hydrogens (tertiary/aromatic N) is 3. The molecule has 0 spiro atoms. The fourth-order valence-corrected chi connectivity index (χ4v) is 4.67. The number of carbonyl (C=O) groups is 1. The van der Waals surface area contributed by atoms with Crippen LogP contribution in [0.25, 0.3) is 11.4 Å². The summed E-state index contributed by atoms with van der Waals surface area (Å²) in [5, 5.41) is 7.68. The molecule has 1 aromatic carbocycles. The van der Waals surface area contributed by atoms with Gasteiger partial charge in [-0.25, -0.2) is 0 Å². The normalized spacial score (nSPS) is 24.6. The number of aromatic nitrogens is 2. The van der Waals surface area contributed by atoms with Gasteiger partial charge in [0.15, 0.2) is 0 Å². The molecule has 2 atom stereocenters. The quantitative estimate of drug-likeness (QED) is 0.833. The monoisotopic (exact) mass is 398 g/mol. The first-order valence-electron chi connectivity index (χ1n) is 10.6. The molecule has 156 valence electrons. The molecule has 4 rings (SSSR count). The second kappa shape index (κ2) is 8.53. The van der Waals surface area contributed by atoms with Gasteiger partial charge >= 0.3 is 0 Å². The van der Waals surface area contributed by atoms with Crippen LogP contribution in [0.3, 0.4) is 0 Å². The van der Waals surface area contributed by atoms with Crippen LogP contribution in [0.2, 0.25) is 0 Å². The van der Waals surface area contributed by atoms with Gasteiger partial charge in [0.25, 0.3) is 0 Å². The summed E-state index contributed by atoms with van der Waals surface area (Å²) in [5.41, 5.74) is 0.750. The Morgan fingerprint density at radius 2 is 2.28 bits per heavy atom. The summed E-state index contributed by atoms with van der Waals surface area (Å²) >= 11 is 0. The minimum Gasteiger partial charge on any atom is -0.497 e. The fourth-order valence-electron chi connectivity index (χ4n) is 4.67. The topological polar surface area (TPSA) is 80.5 Å². The van der Waals surface area contributed by atoms with Crippen LogP contribution in [0.1, 0.15) is 51.3 Å². The molecule has 1 amide bonds. The van der Waals surface area contributed by atoms with Gasteiger partial charge in [-0.2, -0.15) is 4.98 Å². The molecule has 0 bridgehead atoms. The number of benzene rings is 1. The molecular formula is C22H30N4O3. The molecule has 7 nitrogen and oxygen atoms in total. The van der Waals surface area contributed by atoms with Crippen molar-refractivity contribution in [2.75, 3.05) is 20.2 Å². The molecule has 2 saturated heterocycles. The standard InChI is InChI=1S/C22H30N4O3/c1-22-12-13-23-18(22)9-4-3-5-14-26(22)20(27)11-10-19-24-21(25-29-19)16-7-6-8-17(15-16)28-2/h6-8,15,18,23H,3-5,9-14H2,1-2H3/t18-,22-/m0/s1. The number of ether oxygens (including phenoxy) is 1. The SMILES string of the molecule is COc1cccc(-c2noc(CCC(=O)N3CCCCC[C@@H]4NCC[C@@]43C)n2)c1. The van der Waals surface area contributed by atoms with Gasteiger partial charge in [-0.05, 0) is 44.9 Å². The Labute approximate surface area is 171 Å². The summed E-state index contributed by atoms with van der Waals surface area (Å²) in [6.07, 6.45) is 6.52. The van der Waals surface area contributed by atoms with Gasteiger partial charge in [-0.3, -0.25) is 4.79 Å². The number of hydrogen-bond donors (Lipinski definition) is 1. The van der Waals surface area contributed by atoms with Gasteiger partial charge in [0, 0.05) is 31.0 Å². The lowest BCUT2D eigenvalue weighted by Crippen LogP contribution is -2.57. The van der Waals surface area contributed by atoms with Crippen LogP contribution in [0.4, 0.5) is 0 Å². The molecule has 2 aliphatic rings. The molecule has 2 fully saturated rings. The summed E-state index contributed by atoms with van der Waals surface area (Å²) in [6.45, 7) is 4.07. The molecule has 29 heavy (non-hydrogen) atoms. The zero-order valence-electron chi connectivity index (χ0n) is 17.3. The Morgan fingerprint density at radius 3 is 3.14 bits per heavy atom. The van der Waals surface area contributed by atoms with Crippen LogP contribution in [0.15, 0.2) is 28.8 Å². The van der Waals surface area contributed by atoms with Gasteiger partial charge in [0.2, 0.25) is 17.6 Å². The molecule has 3 heterocycles. The van der Waals surface area contributed by atoms with Crippen LogP contribution < -0.4 is 10.1 Å². The Bertz CT molecular complexity index is 852. The summed E-state index contributed by atoms with van der Waals surface area (Å²) in [5.74, 6) is 1.94. The van der Waals surface area contributed by atoms with E-state index in [0.29, 0.717) is 30.6 Å². The number of hydrogen-bond acceptors (Lipinski definition) is 6. The maximum atomic E-state index is 13.1. The zero-order chi connectivity index (χ0) is 20.3. The van der Waals surface area contributed by atoms with Crippen molar-refractivity contribution in [2.45, 2.75) is 63.5 Å². The first-order valence-corrected chi connectivity index (χ1v) is 10.6. The lowest BCUT2D eigenvalue weighted by molar-refractivity contribution is -0.138. The van der Waals surface area contributed by atoms with Crippen molar-refractivity contribution in [3.05, 3.63) is 30.2 Å². The second-order valence-corrected chi connectivity index (χ2v) is 8.25. The largest absolute Gasteiger partial charge is 0.497 e. The van der Waals surface area contributed by atoms with E-state index in [-0.39, 0.29) is 11.4 Å². The Morgan fingerprint density at radius 1 is 1.38 bits per heavy atom. The van der Waals surface area contributed by atoms with Gasteiger partial charge in [0.1, 0.15) is 5.75 Å². The second-order valence-electron chi connectivity index (χ2n) is 8.25. The Balaban J connectivity index is 1.42. The van der Waals surface area contributed by atoms with Crippen LogP contribution in [-0.4, -0.2) is 52.7 Å². The number of nitrogens with one attached hydrogen (secondary N) is 1. The van der Waals surface area contributed by atoms with E-state index < -0.39 is 0 Å². The van der Waals surface area contributed by atoms with Crippen molar-refractivity contribution in [3.63, 3.8) is 0 Å². The van der Waals surface area contributed by atoms with Gasteiger partial charge in [0.05, 0.1) is 12.6 Å². The highest BCUT2D eigenvalue weighted by atomic mass is 16.5. The van der Waals surface area contributed by atoms with Crippen molar-refractivity contribution >= 4 is 5.91 Å². The van der Waals surface area contributed by atoms with Crippen molar-refractivity contribution < 1.29 is 14.1 Å². The summed E-state index contributed by atoms with van der Waals surface area (Å²) in [6, 6.07) is 7.94. The molecule has 2 aliphatic heterocycles. The number of amides is 1. The first-order chi connectivity index (χ1) is 14.1. The number of aryl methyl sites for hydroxylation is 1. The first kappa shape index (κ1) is 19.9. The maximum absolute atomic E-state index is 13.1.